The smallest absolute Gasteiger partial charge is 0.203 e. The van der Waals surface area contributed by atoms with E-state index in [1.165, 1.54) is 42.3 Å². The Morgan fingerprint density at radius 2 is 1.43 bits per heavy atom. The number of rotatable bonds is 10. The molecule has 4 aromatic carbocycles. The van der Waals surface area contributed by atoms with Crippen LogP contribution in [0.3, 0.4) is 0 Å². The van der Waals surface area contributed by atoms with Crippen LogP contribution in [0.1, 0.15) is 35.4 Å². The average molecular weight is 498 g/mol. The highest BCUT2D eigenvalue weighted by atomic mass is 16.5. The van der Waals surface area contributed by atoms with Crippen molar-refractivity contribution >= 4 is 10.8 Å². The van der Waals surface area contributed by atoms with Crippen molar-refractivity contribution in [1.29, 1.82) is 0 Å². The lowest BCUT2D eigenvalue weighted by molar-refractivity contribution is 0.238. The molecule has 0 saturated carbocycles. The molecule has 0 aliphatic carbocycles. The van der Waals surface area contributed by atoms with E-state index in [1.807, 2.05) is 6.07 Å². The van der Waals surface area contributed by atoms with E-state index in [1.54, 1.807) is 21.3 Å². The molecule has 0 N–H and O–H groups in total. The van der Waals surface area contributed by atoms with Crippen LogP contribution in [0, 0.1) is 0 Å². The molecule has 0 aromatic heterocycles. The molecule has 1 atom stereocenters. The molecule has 5 rings (SSSR count). The molecule has 5 nitrogen and oxygen atoms in total. The van der Waals surface area contributed by atoms with Crippen LogP contribution in [0.15, 0.2) is 78.9 Å². The van der Waals surface area contributed by atoms with Crippen molar-refractivity contribution in [1.82, 2.24) is 4.90 Å². The molecule has 5 heteroatoms. The van der Waals surface area contributed by atoms with E-state index in [0.717, 1.165) is 23.4 Å². The summed E-state index contributed by atoms with van der Waals surface area (Å²) in [5.41, 5.74) is 3.36. The molecule has 192 valence electrons. The maximum atomic E-state index is 6.09. The fourth-order valence-corrected chi connectivity index (χ4v) is 5.44. The summed E-state index contributed by atoms with van der Waals surface area (Å²) in [6.07, 6.45) is 2.59. The third-order valence-electron chi connectivity index (χ3n) is 7.27. The second-order valence-corrected chi connectivity index (χ2v) is 9.39. The zero-order valence-corrected chi connectivity index (χ0v) is 21.9. The van der Waals surface area contributed by atoms with Gasteiger partial charge in [0, 0.05) is 18.0 Å². The van der Waals surface area contributed by atoms with Gasteiger partial charge in [-0.05, 0) is 66.0 Å². The lowest BCUT2D eigenvalue weighted by atomic mass is 9.82. The lowest BCUT2D eigenvalue weighted by Crippen LogP contribution is -2.25. The Hall–Kier alpha value is -3.70. The van der Waals surface area contributed by atoms with Crippen molar-refractivity contribution in [3.8, 4) is 23.0 Å². The highest BCUT2D eigenvalue weighted by molar-refractivity contribution is 5.87. The number of nitrogens with zero attached hydrogens (tertiary/aromatic N) is 1. The van der Waals surface area contributed by atoms with Crippen LogP contribution in [-0.4, -0.2) is 52.5 Å². The van der Waals surface area contributed by atoms with Gasteiger partial charge < -0.3 is 18.9 Å². The summed E-state index contributed by atoms with van der Waals surface area (Å²) in [5.74, 6) is 2.71. The molecule has 1 aliphatic rings. The molecule has 1 saturated heterocycles. The quantitative estimate of drug-likeness (QED) is 0.233. The zero-order valence-electron chi connectivity index (χ0n) is 21.9. The first-order valence-corrected chi connectivity index (χ1v) is 12.9. The molecule has 0 spiro atoms. The van der Waals surface area contributed by atoms with Gasteiger partial charge in [0.15, 0.2) is 11.5 Å². The molecule has 0 radical (unpaired) electrons. The molecule has 1 aliphatic heterocycles. The summed E-state index contributed by atoms with van der Waals surface area (Å²) in [6.45, 7) is 4.04. The van der Waals surface area contributed by atoms with Crippen LogP contribution >= 0.6 is 0 Å². The Bertz CT molecular complexity index is 1320. The van der Waals surface area contributed by atoms with E-state index in [2.05, 4.69) is 77.7 Å². The fourth-order valence-electron chi connectivity index (χ4n) is 5.44. The van der Waals surface area contributed by atoms with E-state index in [0.29, 0.717) is 23.9 Å². The van der Waals surface area contributed by atoms with Gasteiger partial charge in [0.1, 0.15) is 12.4 Å². The minimum absolute atomic E-state index is 0.0838. The maximum Gasteiger partial charge on any atom is 0.203 e. The normalized spacial score (nSPS) is 14.5. The van der Waals surface area contributed by atoms with Crippen LogP contribution < -0.4 is 18.9 Å². The number of methoxy groups -OCH3 is 3. The first-order chi connectivity index (χ1) is 18.2. The Kier molecular flexibility index (Phi) is 7.81. The van der Waals surface area contributed by atoms with Crippen molar-refractivity contribution in [3.05, 3.63) is 95.6 Å². The Morgan fingerprint density at radius 3 is 2.16 bits per heavy atom. The summed E-state index contributed by atoms with van der Waals surface area (Å²) in [5, 5.41) is 2.41. The topological polar surface area (TPSA) is 40.2 Å². The predicted molar refractivity (Wildman–Crippen MR) is 149 cm³/mol. The monoisotopic (exact) mass is 497 g/mol. The first-order valence-electron chi connectivity index (χ1n) is 12.9. The van der Waals surface area contributed by atoms with Crippen molar-refractivity contribution in [2.45, 2.75) is 18.8 Å². The van der Waals surface area contributed by atoms with Gasteiger partial charge in [-0.2, -0.15) is 0 Å². The third-order valence-corrected chi connectivity index (χ3v) is 7.27. The largest absolute Gasteiger partial charge is 0.493 e. The predicted octanol–water partition coefficient (Wildman–Crippen LogP) is 6.52. The standard InChI is InChI=1S/C32H35NO4/c1-34-29-18-17-28(31(35-2)32(29)36-3)30(27-12-8-10-23-9-4-5-11-26(23)27)24-13-15-25(16-14-24)37-22-21-33-19-6-7-20-33/h4-5,8-18,30H,6-7,19-22H2,1-3H3. The van der Waals surface area contributed by atoms with Gasteiger partial charge in [-0.1, -0.05) is 60.7 Å². The van der Waals surface area contributed by atoms with Crippen molar-refractivity contribution in [2.75, 3.05) is 47.6 Å². The van der Waals surface area contributed by atoms with Gasteiger partial charge in [-0.15, -0.1) is 0 Å². The lowest BCUT2D eigenvalue weighted by Gasteiger charge is -2.25. The van der Waals surface area contributed by atoms with Crippen LogP contribution in [-0.2, 0) is 0 Å². The molecular formula is C32H35NO4. The highest BCUT2D eigenvalue weighted by Crippen LogP contribution is 2.47. The highest BCUT2D eigenvalue weighted by Gasteiger charge is 2.26. The number of hydrogen-bond acceptors (Lipinski definition) is 5. The van der Waals surface area contributed by atoms with Gasteiger partial charge in [0.2, 0.25) is 5.75 Å². The number of fused-ring (bicyclic) bond motifs is 1. The second kappa shape index (κ2) is 11.6. The summed E-state index contributed by atoms with van der Waals surface area (Å²) < 4.78 is 23.3. The summed E-state index contributed by atoms with van der Waals surface area (Å²) in [6, 6.07) is 27.5. The first kappa shape index (κ1) is 25.0. The second-order valence-electron chi connectivity index (χ2n) is 9.39. The molecular weight excluding hydrogens is 462 g/mol. The average Bonchev–Trinajstić information content (AvgIpc) is 3.47. The van der Waals surface area contributed by atoms with Gasteiger partial charge in [-0.25, -0.2) is 0 Å². The van der Waals surface area contributed by atoms with Crippen molar-refractivity contribution < 1.29 is 18.9 Å². The minimum Gasteiger partial charge on any atom is -0.493 e. The van der Waals surface area contributed by atoms with Crippen LogP contribution in [0.2, 0.25) is 0 Å². The minimum atomic E-state index is -0.0838. The van der Waals surface area contributed by atoms with E-state index in [-0.39, 0.29) is 5.92 Å². The number of benzene rings is 4. The number of hydrogen-bond donors (Lipinski definition) is 0. The number of ether oxygens (including phenoxy) is 4. The SMILES string of the molecule is COc1ccc(C(c2ccc(OCCN3CCCC3)cc2)c2cccc3ccccc23)c(OC)c1OC. The van der Waals surface area contributed by atoms with E-state index in [9.17, 15) is 0 Å². The van der Waals surface area contributed by atoms with Crippen LogP contribution in [0.25, 0.3) is 10.8 Å². The summed E-state index contributed by atoms with van der Waals surface area (Å²) >= 11 is 0. The summed E-state index contributed by atoms with van der Waals surface area (Å²) in [7, 11) is 4.96. The zero-order chi connectivity index (χ0) is 25.6. The van der Waals surface area contributed by atoms with Crippen molar-refractivity contribution in [2.24, 2.45) is 0 Å². The van der Waals surface area contributed by atoms with Gasteiger partial charge in [0.25, 0.3) is 0 Å². The summed E-state index contributed by atoms with van der Waals surface area (Å²) in [4.78, 5) is 2.47. The van der Waals surface area contributed by atoms with Gasteiger partial charge in [-0.3, -0.25) is 4.90 Å². The molecule has 1 fully saturated rings. The molecule has 0 amide bonds. The van der Waals surface area contributed by atoms with Crippen LogP contribution in [0.5, 0.6) is 23.0 Å². The maximum absolute atomic E-state index is 6.09. The molecule has 1 unspecified atom stereocenters. The van der Waals surface area contributed by atoms with Gasteiger partial charge >= 0.3 is 0 Å². The van der Waals surface area contributed by atoms with Crippen LogP contribution in [0.4, 0.5) is 0 Å². The molecule has 4 aromatic rings. The van der Waals surface area contributed by atoms with Gasteiger partial charge in [0.05, 0.1) is 21.3 Å². The van der Waals surface area contributed by atoms with E-state index < -0.39 is 0 Å². The molecule has 0 bridgehead atoms. The fraction of sp³-hybridized carbons (Fsp3) is 0.312. The Labute approximate surface area is 219 Å². The Balaban J connectivity index is 1.55. The third kappa shape index (κ3) is 5.23. The molecule has 1 heterocycles. The molecule has 37 heavy (non-hydrogen) atoms. The Morgan fingerprint density at radius 1 is 0.703 bits per heavy atom. The number of likely N-dealkylation sites (tertiary alicyclic amines) is 1. The van der Waals surface area contributed by atoms with Crippen molar-refractivity contribution in [3.63, 3.8) is 0 Å². The van der Waals surface area contributed by atoms with E-state index >= 15 is 0 Å². The van der Waals surface area contributed by atoms with E-state index in [4.69, 9.17) is 18.9 Å².